The van der Waals surface area contributed by atoms with Crippen LogP contribution in [0.3, 0.4) is 0 Å². The molecular weight excluding hydrogens is 258 g/mol. The molecule has 0 saturated heterocycles. The van der Waals surface area contributed by atoms with Crippen LogP contribution in [0.15, 0.2) is 47.4 Å². The molecule has 98 valence electrons. The van der Waals surface area contributed by atoms with E-state index in [1.807, 2.05) is 47.9 Å². The van der Waals surface area contributed by atoms with Crippen LogP contribution in [-0.2, 0) is 4.79 Å². The SMILES string of the molecule is COc1ccc(NC(=O)/C(C)=C/c2cccs2)cc1. The number of methoxy groups -OCH3 is 1. The van der Waals surface area contributed by atoms with Crippen molar-refractivity contribution in [3.05, 3.63) is 52.2 Å². The van der Waals surface area contributed by atoms with E-state index < -0.39 is 0 Å². The third-order valence-corrected chi connectivity index (χ3v) is 3.43. The van der Waals surface area contributed by atoms with Crippen molar-refractivity contribution >= 4 is 29.0 Å². The summed E-state index contributed by atoms with van der Waals surface area (Å²) < 4.78 is 5.07. The highest BCUT2D eigenvalue weighted by Gasteiger charge is 2.05. The van der Waals surface area contributed by atoms with E-state index in [9.17, 15) is 4.79 Å². The fraction of sp³-hybridized carbons (Fsp3) is 0.133. The molecule has 19 heavy (non-hydrogen) atoms. The second-order valence-corrected chi connectivity index (χ2v) is 5.00. The van der Waals surface area contributed by atoms with Gasteiger partial charge in [-0.1, -0.05) is 6.07 Å². The van der Waals surface area contributed by atoms with Gasteiger partial charge in [-0.15, -0.1) is 11.3 Å². The zero-order valence-corrected chi connectivity index (χ0v) is 11.7. The second kappa shape index (κ2) is 6.20. The molecule has 3 nitrogen and oxygen atoms in total. The highest BCUT2D eigenvalue weighted by molar-refractivity contribution is 7.10. The molecule has 0 saturated carbocycles. The first-order valence-electron chi connectivity index (χ1n) is 5.86. The monoisotopic (exact) mass is 273 g/mol. The molecule has 0 fully saturated rings. The lowest BCUT2D eigenvalue weighted by Gasteiger charge is -2.06. The van der Waals surface area contributed by atoms with Crippen LogP contribution in [0.5, 0.6) is 5.75 Å². The van der Waals surface area contributed by atoms with Crippen LogP contribution in [0.1, 0.15) is 11.8 Å². The Bertz CT molecular complexity index is 571. The zero-order valence-electron chi connectivity index (χ0n) is 10.8. The van der Waals surface area contributed by atoms with Crippen molar-refractivity contribution in [2.75, 3.05) is 12.4 Å². The average Bonchev–Trinajstić information content (AvgIpc) is 2.92. The molecule has 0 unspecified atom stereocenters. The van der Waals surface area contributed by atoms with Gasteiger partial charge in [0.2, 0.25) is 0 Å². The molecule has 1 amide bonds. The summed E-state index contributed by atoms with van der Waals surface area (Å²) in [5.74, 6) is 0.669. The van der Waals surface area contributed by atoms with Gasteiger partial charge in [-0.25, -0.2) is 0 Å². The second-order valence-electron chi connectivity index (χ2n) is 4.03. The van der Waals surface area contributed by atoms with Gasteiger partial charge in [-0.2, -0.15) is 0 Å². The van der Waals surface area contributed by atoms with Gasteiger partial charge < -0.3 is 10.1 Å². The molecule has 1 N–H and O–H groups in total. The first-order chi connectivity index (χ1) is 9.19. The zero-order chi connectivity index (χ0) is 13.7. The van der Waals surface area contributed by atoms with E-state index in [2.05, 4.69) is 5.32 Å². The third-order valence-electron chi connectivity index (χ3n) is 2.61. The van der Waals surface area contributed by atoms with Gasteiger partial charge >= 0.3 is 0 Å². The Morgan fingerprint density at radius 1 is 1.26 bits per heavy atom. The molecular formula is C15H15NO2S. The van der Waals surface area contributed by atoms with E-state index in [0.29, 0.717) is 5.57 Å². The Morgan fingerprint density at radius 2 is 2.00 bits per heavy atom. The average molecular weight is 273 g/mol. The summed E-state index contributed by atoms with van der Waals surface area (Å²) in [6.45, 7) is 1.80. The number of hydrogen-bond donors (Lipinski definition) is 1. The molecule has 0 atom stereocenters. The largest absolute Gasteiger partial charge is 0.497 e. The number of ether oxygens (including phenoxy) is 1. The van der Waals surface area contributed by atoms with Gasteiger partial charge in [0.1, 0.15) is 5.75 Å². The first kappa shape index (κ1) is 13.4. The minimum Gasteiger partial charge on any atom is -0.497 e. The molecule has 1 heterocycles. The molecule has 0 aliphatic carbocycles. The van der Waals surface area contributed by atoms with Gasteiger partial charge in [0, 0.05) is 16.1 Å². The standard InChI is InChI=1S/C15H15NO2S/c1-11(10-14-4-3-9-19-14)15(17)16-12-5-7-13(18-2)8-6-12/h3-10H,1-2H3,(H,16,17)/b11-10+. The summed E-state index contributed by atoms with van der Waals surface area (Å²) in [6, 6.07) is 11.2. The highest BCUT2D eigenvalue weighted by atomic mass is 32.1. The van der Waals surface area contributed by atoms with E-state index in [4.69, 9.17) is 4.74 Å². The molecule has 0 aliphatic rings. The molecule has 1 aromatic carbocycles. The van der Waals surface area contributed by atoms with Crippen molar-refractivity contribution in [2.45, 2.75) is 6.92 Å². The number of rotatable bonds is 4. The molecule has 0 spiro atoms. The van der Waals surface area contributed by atoms with E-state index in [1.54, 1.807) is 25.4 Å². The summed E-state index contributed by atoms with van der Waals surface area (Å²) in [6.07, 6.45) is 1.88. The normalized spacial score (nSPS) is 11.2. The Labute approximate surface area is 116 Å². The topological polar surface area (TPSA) is 38.3 Å². The molecule has 2 aromatic rings. The van der Waals surface area contributed by atoms with E-state index >= 15 is 0 Å². The number of hydrogen-bond acceptors (Lipinski definition) is 3. The number of amides is 1. The molecule has 0 bridgehead atoms. The summed E-state index contributed by atoms with van der Waals surface area (Å²) >= 11 is 1.61. The van der Waals surface area contributed by atoms with Crippen molar-refractivity contribution in [3.8, 4) is 5.75 Å². The molecule has 4 heteroatoms. The summed E-state index contributed by atoms with van der Waals surface area (Å²) in [5.41, 5.74) is 1.43. The Hall–Kier alpha value is -2.07. The molecule has 0 aliphatic heterocycles. The molecule has 0 radical (unpaired) electrons. The quantitative estimate of drug-likeness (QED) is 0.860. The maximum atomic E-state index is 12.0. The maximum absolute atomic E-state index is 12.0. The number of carbonyl (C=O) groups is 1. The minimum absolute atomic E-state index is 0.0985. The molecule has 1 aromatic heterocycles. The van der Waals surface area contributed by atoms with Crippen LogP contribution in [0.2, 0.25) is 0 Å². The van der Waals surface area contributed by atoms with Gasteiger partial charge in [-0.3, -0.25) is 4.79 Å². The minimum atomic E-state index is -0.0985. The van der Waals surface area contributed by atoms with Crippen molar-refractivity contribution < 1.29 is 9.53 Å². The van der Waals surface area contributed by atoms with Crippen LogP contribution < -0.4 is 10.1 Å². The van der Waals surface area contributed by atoms with E-state index in [-0.39, 0.29) is 5.91 Å². The lowest BCUT2D eigenvalue weighted by atomic mass is 10.2. The number of carbonyl (C=O) groups excluding carboxylic acids is 1. The van der Waals surface area contributed by atoms with Gasteiger partial charge in [0.05, 0.1) is 7.11 Å². The maximum Gasteiger partial charge on any atom is 0.251 e. The fourth-order valence-electron chi connectivity index (χ4n) is 1.56. The number of nitrogens with one attached hydrogen (secondary N) is 1. The number of anilines is 1. The summed E-state index contributed by atoms with van der Waals surface area (Å²) in [7, 11) is 1.61. The number of thiophene rings is 1. The van der Waals surface area contributed by atoms with E-state index in [0.717, 1.165) is 16.3 Å². The fourth-order valence-corrected chi connectivity index (χ4v) is 2.27. The van der Waals surface area contributed by atoms with Crippen molar-refractivity contribution in [1.82, 2.24) is 0 Å². The predicted octanol–water partition coefficient (Wildman–Crippen LogP) is 3.80. The van der Waals surface area contributed by atoms with Crippen LogP contribution in [-0.4, -0.2) is 13.0 Å². The smallest absolute Gasteiger partial charge is 0.251 e. The summed E-state index contributed by atoms with van der Waals surface area (Å²) in [5, 5.41) is 4.83. The predicted molar refractivity (Wildman–Crippen MR) is 79.6 cm³/mol. The Kier molecular flexibility index (Phi) is 4.36. The first-order valence-corrected chi connectivity index (χ1v) is 6.74. The number of benzene rings is 1. The lowest BCUT2D eigenvalue weighted by molar-refractivity contribution is -0.112. The van der Waals surface area contributed by atoms with Crippen LogP contribution in [0.4, 0.5) is 5.69 Å². The van der Waals surface area contributed by atoms with Crippen molar-refractivity contribution in [2.24, 2.45) is 0 Å². The third kappa shape index (κ3) is 3.69. The van der Waals surface area contributed by atoms with Crippen LogP contribution in [0, 0.1) is 0 Å². The van der Waals surface area contributed by atoms with Crippen LogP contribution >= 0.6 is 11.3 Å². The van der Waals surface area contributed by atoms with Gasteiger partial charge in [-0.05, 0) is 48.7 Å². The Balaban J connectivity index is 2.04. The Morgan fingerprint density at radius 3 is 2.58 bits per heavy atom. The van der Waals surface area contributed by atoms with E-state index in [1.165, 1.54) is 0 Å². The van der Waals surface area contributed by atoms with Gasteiger partial charge in [0.25, 0.3) is 5.91 Å². The summed E-state index contributed by atoms with van der Waals surface area (Å²) in [4.78, 5) is 13.1. The van der Waals surface area contributed by atoms with Crippen molar-refractivity contribution in [3.63, 3.8) is 0 Å². The molecule has 2 rings (SSSR count). The van der Waals surface area contributed by atoms with Gasteiger partial charge in [0.15, 0.2) is 0 Å². The highest BCUT2D eigenvalue weighted by Crippen LogP contribution is 2.17. The van der Waals surface area contributed by atoms with Crippen molar-refractivity contribution in [1.29, 1.82) is 0 Å². The lowest BCUT2D eigenvalue weighted by Crippen LogP contribution is -2.12. The van der Waals surface area contributed by atoms with Crippen LogP contribution in [0.25, 0.3) is 6.08 Å².